The molecule has 1 aromatic heterocycles. The summed E-state index contributed by atoms with van der Waals surface area (Å²) in [6.07, 6.45) is 2.21. The normalized spacial score (nSPS) is 18.8. The van der Waals surface area contributed by atoms with Crippen molar-refractivity contribution in [3.05, 3.63) is 50.9 Å². The van der Waals surface area contributed by atoms with Gasteiger partial charge in [-0.15, -0.1) is 11.3 Å². The van der Waals surface area contributed by atoms with E-state index in [4.69, 9.17) is 32.1 Å². The van der Waals surface area contributed by atoms with Gasteiger partial charge in [-0.25, -0.2) is 0 Å². The van der Waals surface area contributed by atoms with Crippen molar-refractivity contribution < 1.29 is 4.74 Å². The van der Waals surface area contributed by atoms with Crippen LogP contribution in [0.4, 0.5) is 5.00 Å². The van der Waals surface area contributed by atoms with Crippen molar-refractivity contribution in [3.63, 3.8) is 0 Å². The van der Waals surface area contributed by atoms with Crippen LogP contribution in [0.3, 0.4) is 0 Å². The summed E-state index contributed by atoms with van der Waals surface area (Å²) in [5, 5.41) is 17.4. The summed E-state index contributed by atoms with van der Waals surface area (Å²) in [5.41, 5.74) is 4.00. The molecular formula is C21H25ClN4OS. The molecule has 0 amide bonds. The molecule has 148 valence electrons. The predicted molar refractivity (Wildman–Crippen MR) is 119 cm³/mol. The highest BCUT2D eigenvalue weighted by atomic mass is 35.5. The van der Waals surface area contributed by atoms with Crippen molar-refractivity contribution in [1.82, 2.24) is 0 Å². The molecule has 2 atom stereocenters. The van der Waals surface area contributed by atoms with Gasteiger partial charge in [-0.3, -0.25) is 20.7 Å². The van der Waals surface area contributed by atoms with Crippen LogP contribution in [0.15, 0.2) is 29.3 Å². The number of nitrogens with one attached hydrogen (secondary N) is 2. The van der Waals surface area contributed by atoms with E-state index < -0.39 is 0 Å². The smallest absolute Gasteiger partial charge is 0.112 e. The fraction of sp³-hybridized carbons (Fsp3) is 0.381. The predicted octanol–water partition coefficient (Wildman–Crippen LogP) is 5.30. The Balaban J connectivity index is 2.16. The number of ether oxygens (including phenoxy) is 1. The molecule has 1 aliphatic rings. The Kier molecular flexibility index (Phi) is 6.33. The fourth-order valence-electron chi connectivity index (χ4n) is 3.21. The minimum atomic E-state index is 0.229. The quantitative estimate of drug-likeness (QED) is 0.474. The van der Waals surface area contributed by atoms with E-state index >= 15 is 0 Å². The van der Waals surface area contributed by atoms with E-state index in [1.807, 2.05) is 24.3 Å². The van der Waals surface area contributed by atoms with Crippen LogP contribution in [0, 0.1) is 30.6 Å². The third-order valence-electron chi connectivity index (χ3n) is 4.99. The van der Waals surface area contributed by atoms with Crippen LogP contribution in [0.25, 0.3) is 0 Å². The number of nitrogens with zero attached hydrogens (tertiary/aromatic N) is 2. The molecule has 2 aromatic rings. The van der Waals surface area contributed by atoms with Crippen LogP contribution >= 0.6 is 22.9 Å². The number of rotatable bonds is 7. The van der Waals surface area contributed by atoms with Crippen LogP contribution in [-0.4, -0.2) is 37.6 Å². The lowest BCUT2D eigenvalue weighted by atomic mass is 9.99. The van der Waals surface area contributed by atoms with E-state index in [0.29, 0.717) is 23.4 Å². The summed E-state index contributed by atoms with van der Waals surface area (Å²) in [5.74, 6) is 0.746. The molecule has 2 N–H and O–H groups in total. The van der Waals surface area contributed by atoms with E-state index in [1.165, 1.54) is 6.34 Å². The summed E-state index contributed by atoms with van der Waals surface area (Å²) >= 11 is 7.69. The van der Waals surface area contributed by atoms with Gasteiger partial charge in [0.1, 0.15) is 10.8 Å². The SMILES string of the molecule is COCC1CC1N=C(c1ccc(Cl)cc1)c1c(N(C=N)C(C)=N)sc(C)c1C. The fourth-order valence-corrected chi connectivity index (χ4v) is 4.52. The maximum atomic E-state index is 8.09. The van der Waals surface area contributed by atoms with Crippen molar-refractivity contribution in [2.24, 2.45) is 10.9 Å². The maximum Gasteiger partial charge on any atom is 0.112 e. The Morgan fingerprint density at radius 2 is 2.04 bits per heavy atom. The number of hydrogen-bond donors (Lipinski definition) is 2. The third kappa shape index (κ3) is 4.19. The van der Waals surface area contributed by atoms with Crippen molar-refractivity contribution in [1.29, 1.82) is 10.8 Å². The Morgan fingerprint density at radius 1 is 1.36 bits per heavy atom. The summed E-state index contributed by atoms with van der Waals surface area (Å²) in [6, 6.07) is 7.94. The Bertz CT molecular complexity index is 919. The second kappa shape index (κ2) is 8.55. The molecule has 3 rings (SSSR count). The molecule has 0 aliphatic heterocycles. The van der Waals surface area contributed by atoms with Gasteiger partial charge in [0.05, 0.1) is 24.7 Å². The van der Waals surface area contributed by atoms with Gasteiger partial charge in [0.2, 0.25) is 0 Å². The van der Waals surface area contributed by atoms with E-state index in [-0.39, 0.29) is 6.04 Å². The Hall–Kier alpha value is -2.02. The first-order valence-corrected chi connectivity index (χ1v) is 10.3. The molecule has 0 radical (unpaired) electrons. The zero-order valence-corrected chi connectivity index (χ0v) is 18.1. The van der Waals surface area contributed by atoms with Gasteiger partial charge in [-0.1, -0.05) is 23.7 Å². The molecule has 1 fully saturated rings. The highest BCUT2D eigenvalue weighted by molar-refractivity contribution is 7.17. The average molecular weight is 417 g/mol. The topological polar surface area (TPSA) is 72.5 Å². The summed E-state index contributed by atoms with van der Waals surface area (Å²) in [6.45, 7) is 6.55. The van der Waals surface area contributed by atoms with Gasteiger partial charge in [0, 0.05) is 34.1 Å². The standard InChI is InChI=1S/C21H25ClN4OS/c1-12-13(2)28-21(26(11-23)14(3)24)19(12)20(15-5-7-17(22)8-6-15)25-18-9-16(18)10-27-4/h5-8,11,16,18,23-24H,9-10H2,1-4H3. The van der Waals surface area contributed by atoms with Gasteiger partial charge in [0.25, 0.3) is 0 Å². The van der Waals surface area contributed by atoms with E-state index in [0.717, 1.165) is 38.7 Å². The highest BCUT2D eigenvalue weighted by Crippen LogP contribution is 2.40. The van der Waals surface area contributed by atoms with Crippen LogP contribution < -0.4 is 4.90 Å². The monoisotopic (exact) mass is 416 g/mol. The third-order valence-corrected chi connectivity index (χ3v) is 6.45. The summed E-state index contributed by atoms with van der Waals surface area (Å²) in [4.78, 5) is 7.86. The number of halogens is 1. The van der Waals surface area contributed by atoms with Gasteiger partial charge in [-0.05, 0) is 44.9 Å². The second-order valence-corrected chi connectivity index (χ2v) is 8.69. The number of anilines is 1. The van der Waals surface area contributed by atoms with Crippen molar-refractivity contribution >= 4 is 45.8 Å². The largest absolute Gasteiger partial charge is 0.384 e. The maximum absolute atomic E-state index is 8.09. The molecule has 7 heteroatoms. The number of thiophene rings is 1. The first-order valence-electron chi connectivity index (χ1n) is 9.15. The van der Waals surface area contributed by atoms with Crippen molar-refractivity contribution in [2.75, 3.05) is 18.6 Å². The first-order chi connectivity index (χ1) is 13.4. The molecule has 28 heavy (non-hydrogen) atoms. The second-order valence-electron chi connectivity index (χ2n) is 7.05. The summed E-state index contributed by atoms with van der Waals surface area (Å²) < 4.78 is 5.29. The highest BCUT2D eigenvalue weighted by Gasteiger charge is 2.38. The molecule has 1 heterocycles. The lowest BCUT2D eigenvalue weighted by Crippen LogP contribution is -2.26. The Morgan fingerprint density at radius 3 is 2.61 bits per heavy atom. The lowest BCUT2D eigenvalue weighted by Gasteiger charge is -2.19. The van der Waals surface area contributed by atoms with Crippen LogP contribution in [-0.2, 0) is 4.74 Å². The van der Waals surface area contributed by atoms with Gasteiger partial charge in [-0.2, -0.15) is 0 Å². The van der Waals surface area contributed by atoms with Gasteiger partial charge >= 0.3 is 0 Å². The number of aliphatic imine (C=N–C) groups is 1. The molecule has 1 aliphatic carbocycles. The van der Waals surface area contributed by atoms with Crippen molar-refractivity contribution in [2.45, 2.75) is 33.2 Å². The van der Waals surface area contributed by atoms with E-state index in [1.54, 1.807) is 30.3 Å². The number of methoxy groups -OCH3 is 1. The van der Waals surface area contributed by atoms with Gasteiger partial charge in [0.15, 0.2) is 0 Å². The Labute approximate surface area is 175 Å². The molecule has 1 saturated carbocycles. The first kappa shape index (κ1) is 20.7. The molecule has 0 bridgehead atoms. The zero-order chi connectivity index (χ0) is 20.4. The number of amidine groups is 1. The average Bonchev–Trinajstić information content (AvgIpc) is 3.32. The van der Waals surface area contributed by atoms with E-state index in [9.17, 15) is 0 Å². The number of aryl methyl sites for hydroxylation is 1. The van der Waals surface area contributed by atoms with E-state index in [2.05, 4.69) is 13.8 Å². The molecular weight excluding hydrogens is 392 g/mol. The minimum absolute atomic E-state index is 0.229. The molecule has 0 spiro atoms. The number of benzene rings is 1. The molecule has 5 nitrogen and oxygen atoms in total. The minimum Gasteiger partial charge on any atom is -0.384 e. The molecule has 1 aromatic carbocycles. The van der Waals surface area contributed by atoms with Crippen LogP contribution in [0.5, 0.6) is 0 Å². The summed E-state index contributed by atoms with van der Waals surface area (Å²) in [7, 11) is 1.72. The molecule has 0 saturated heterocycles. The van der Waals surface area contributed by atoms with Gasteiger partial charge < -0.3 is 4.74 Å². The molecule has 2 unspecified atom stereocenters. The lowest BCUT2D eigenvalue weighted by molar-refractivity contribution is 0.184. The van der Waals surface area contributed by atoms with Crippen LogP contribution in [0.1, 0.15) is 34.9 Å². The van der Waals surface area contributed by atoms with Crippen molar-refractivity contribution in [3.8, 4) is 0 Å². The zero-order valence-electron chi connectivity index (χ0n) is 16.5. The van der Waals surface area contributed by atoms with Crippen LogP contribution in [0.2, 0.25) is 5.02 Å². The number of hydrogen-bond acceptors (Lipinski definition) is 5.